The number of aromatic hydroxyl groups is 1. The van der Waals surface area contributed by atoms with Gasteiger partial charge in [0.1, 0.15) is 18.3 Å². The van der Waals surface area contributed by atoms with Crippen LogP contribution < -0.4 is 24.3 Å². The predicted octanol–water partition coefficient (Wildman–Crippen LogP) is 8.05. The fourth-order valence-corrected chi connectivity index (χ4v) is 9.54. The molecule has 10 atom stereocenters. The number of hydrogen-bond donors (Lipinski definition) is 3. The molecule has 5 aliphatic rings. The summed E-state index contributed by atoms with van der Waals surface area (Å²) >= 11 is 5.66. The molecule has 0 bridgehead atoms. The molecule has 3 fully saturated rings. The highest BCUT2D eigenvalue weighted by Gasteiger charge is 2.57. The van der Waals surface area contributed by atoms with Gasteiger partial charge >= 0.3 is 5.97 Å². The molecule has 63 heavy (non-hydrogen) atoms. The third-order valence-electron chi connectivity index (χ3n) is 12.6. The molecule has 0 radical (unpaired) electrons. The van der Waals surface area contributed by atoms with Gasteiger partial charge in [-0.2, -0.15) is 0 Å². The molecule has 2 aromatic carbocycles. The number of unbranched alkanes of at least 4 members (excludes halogenated alkanes) is 9. The van der Waals surface area contributed by atoms with Gasteiger partial charge in [0, 0.05) is 18.4 Å². The van der Waals surface area contributed by atoms with Gasteiger partial charge in [0.15, 0.2) is 41.7 Å². The molecule has 3 N–H and O–H groups in total. The first-order valence-corrected chi connectivity index (χ1v) is 23.2. The third-order valence-corrected chi connectivity index (χ3v) is 12.9. The molecule has 4 heterocycles. The van der Waals surface area contributed by atoms with Gasteiger partial charge in [0.2, 0.25) is 12.5 Å². The van der Waals surface area contributed by atoms with Crippen molar-refractivity contribution in [2.45, 2.75) is 140 Å². The van der Waals surface area contributed by atoms with Crippen LogP contribution in [0.25, 0.3) is 0 Å². The summed E-state index contributed by atoms with van der Waals surface area (Å²) in [4.78, 5) is 13.8. The largest absolute Gasteiger partial charge is 0.502 e. The number of hydrogen-bond acceptors (Lipinski definition) is 14. The topological polar surface area (TPSA) is 162 Å². The molecule has 3 saturated heterocycles. The number of allylic oxidation sites excluding steroid dienone is 4. The van der Waals surface area contributed by atoms with Crippen LogP contribution in [0, 0.1) is 11.8 Å². The number of carbonyl (C=O) groups excluding carboxylic acids is 1. The number of ether oxygens (including phenoxy) is 10. The molecule has 4 aliphatic heterocycles. The smallest absolute Gasteiger partial charge is 0.310 e. The number of aliphatic hydroxyl groups is 1. The van der Waals surface area contributed by atoms with Crippen molar-refractivity contribution in [3.05, 3.63) is 65.3 Å². The van der Waals surface area contributed by atoms with Gasteiger partial charge in [-0.1, -0.05) is 69.8 Å². The fourth-order valence-electron chi connectivity index (χ4n) is 9.32. The summed E-state index contributed by atoms with van der Waals surface area (Å²) < 4.78 is 59.9. The Morgan fingerprint density at radius 3 is 2.22 bits per heavy atom. The fraction of sp³-hybridized carbons (Fsp3) is 0.625. The van der Waals surface area contributed by atoms with E-state index in [1.54, 1.807) is 19.1 Å². The van der Waals surface area contributed by atoms with E-state index in [0.717, 1.165) is 32.1 Å². The lowest BCUT2D eigenvalue weighted by atomic mass is 9.66. The molecule has 0 unspecified atom stereocenters. The zero-order valence-corrected chi connectivity index (χ0v) is 37.8. The molecule has 1 aliphatic carbocycles. The van der Waals surface area contributed by atoms with Gasteiger partial charge in [0.05, 0.1) is 39.5 Å². The molecule has 0 saturated carbocycles. The van der Waals surface area contributed by atoms with Crippen LogP contribution in [0.3, 0.4) is 0 Å². The molecular formula is C48H65NO13S. The summed E-state index contributed by atoms with van der Waals surface area (Å²) in [6, 6.07) is 7.07. The highest BCUT2D eigenvalue weighted by molar-refractivity contribution is 7.80. The van der Waals surface area contributed by atoms with Crippen LogP contribution >= 0.6 is 12.2 Å². The Morgan fingerprint density at radius 1 is 0.857 bits per heavy atom. The molecule has 14 nitrogen and oxygen atoms in total. The number of esters is 1. The van der Waals surface area contributed by atoms with Crippen LogP contribution in [0.4, 0.5) is 0 Å². The Labute approximate surface area is 376 Å². The Balaban J connectivity index is 0.981. The highest BCUT2D eigenvalue weighted by atomic mass is 32.1. The normalized spacial score (nSPS) is 28.4. The van der Waals surface area contributed by atoms with E-state index in [0.29, 0.717) is 34.7 Å². The van der Waals surface area contributed by atoms with E-state index < -0.39 is 66.8 Å². The summed E-state index contributed by atoms with van der Waals surface area (Å²) in [5, 5.41) is 26.2. The van der Waals surface area contributed by atoms with Crippen molar-refractivity contribution in [1.29, 1.82) is 0 Å². The number of rotatable bonds is 21. The van der Waals surface area contributed by atoms with Crippen molar-refractivity contribution < 1.29 is 62.4 Å². The monoisotopic (exact) mass is 895 g/mol. The standard InChI is InChI=1S/C48H65NO13S/c1-5-6-7-8-9-10-11-12-13-14-15-16-17-18-19-20-21-49-48(63)62-45-42(51)47(60-38-27-55-29(2)59-44(38)45)61-43-32-25-35-34(57-28-58-35)24-31(32)39(40-33(43)26-56-46(40)52)30-22-36(53-3)41(50)37(23-30)54-4/h9-10,12-13,22-25,29,33,38-40,42-45,47,50-51H,5-8,11,14-21,26-28H2,1-4H3,(H,49,63)/t29-,33+,38-,39-,40+,42-,43-,44-,45-,47+/m1/s1. The SMILES string of the molecule is CCCCCC=CCC=CCCCCCCCCNC(=S)O[C@@H]1[C@@H](O)[C@H](O[C@@H]2c3cc4c(cc3[C@@H](c3cc(OC)c(O)c(OC)c3)[C@H]3C(=O)OC[C@@H]32)OCO4)O[C@@H]2CO[C@@H](C)O[C@@H]12. The number of carbonyl (C=O) groups is 1. The predicted molar refractivity (Wildman–Crippen MR) is 237 cm³/mol. The van der Waals surface area contributed by atoms with Gasteiger partial charge in [0.25, 0.3) is 5.17 Å². The van der Waals surface area contributed by atoms with Crippen LogP contribution in [-0.2, 0) is 33.2 Å². The number of nitrogens with one attached hydrogen (secondary N) is 1. The molecular weight excluding hydrogens is 831 g/mol. The molecule has 346 valence electrons. The quantitative estimate of drug-likeness (QED) is 0.0477. The summed E-state index contributed by atoms with van der Waals surface area (Å²) in [7, 11) is 2.90. The lowest BCUT2D eigenvalue weighted by Crippen LogP contribution is -2.64. The van der Waals surface area contributed by atoms with E-state index in [2.05, 4.69) is 36.5 Å². The molecule has 0 spiro atoms. The first kappa shape index (κ1) is 46.9. The minimum atomic E-state index is -1.35. The average molecular weight is 896 g/mol. The zero-order valence-electron chi connectivity index (χ0n) is 37.0. The third kappa shape index (κ3) is 11.2. The van der Waals surface area contributed by atoms with Crippen LogP contribution in [-0.4, -0.2) is 99.1 Å². The summed E-state index contributed by atoms with van der Waals surface area (Å²) in [6.07, 6.45) is 16.8. The number of thiocarbonyl (C=S) groups is 1. The summed E-state index contributed by atoms with van der Waals surface area (Å²) in [5.74, 6) is -1.02. The first-order chi connectivity index (χ1) is 30.7. The maximum absolute atomic E-state index is 13.8. The minimum Gasteiger partial charge on any atom is -0.502 e. The van der Waals surface area contributed by atoms with Crippen molar-refractivity contribution in [2.75, 3.05) is 40.8 Å². The molecule has 0 amide bonds. The maximum Gasteiger partial charge on any atom is 0.310 e. The van der Waals surface area contributed by atoms with Gasteiger partial charge in [-0.15, -0.1) is 0 Å². The van der Waals surface area contributed by atoms with Gasteiger partial charge in [-0.05, 0) is 98.6 Å². The number of phenols is 1. The van der Waals surface area contributed by atoms with E-state index >= 15 is 0 Å². The second-order valence-corrected chi connectivity index (χ2v) is 17.2. The maximum atomic E-state index is 13.8. The minimum absolute atomic E-state index is 0.0268. The van der Waals surface area contributed by atoms with Crippen molar-refractivity contribution in [2.24, 2.45) is 11.8 Å². The first-order valence-electron chi connectivity index (χ1n) is 22.8. The van der Waals surface area contributed by atoms with Gasteiger partial charge in [-0.25, -0.2) is 0 Å². The van der Waals surface area contributed by atoms with Gasteiger partial charge < -0.3 is 62.9 Å². The van der Waals surface area contributed by atoms with E-state index in [-0.39, 0.29) is 42.4 Å². The molecule has 0 aromatic heterocycles. The highest BCUT2D eigenvalue weighted by Crippen LogP contribution is 2.57. The van der Waals surface area contributed by atoms with Crippen molar-refractivity contribution in [3.8, 4) is 28.7 Å². The van der Waals surface area contributed by atoms with Crippen LogP contribution in [0.2, 0.25) is 0 Å². The Bertz CT molecular complexity index is 1880. The average Bonchev–Trinajstić information content (AvgIpc) is 3.91. The number of fused-ring (bicyclic) bond motifs is 4. The van der Waals surface area contributed by atoms with Gasteiger partial charge in [-0.3, -0.25) is 4.79 Å². The number of benzene rings is 2. The van der Waals surface area contributed by atoms with Crippen molar-refractivity contribution in [3.63, 3.8) is 0 Å². The van der Waals surface area contributed by atoms with Crippen molar-refractivity contribution >= 4 is 23.4 Å². The number of cyclic esters (lactones) is 1. The molecule has 15 heteroatoms. The van der Waals surface area contributed by atoms with Crippen LogP contribution in [0.15, 0.2) is 48.6 Å². The Morgan fingerprint density at radius 2 is 1.52 bits per heavy atom. The number of phenolic OH excluding ortho intramolecular Hbond substituents is 1. The van der Waals surface area contributed by atoms with Crippen molar-refractivity contribution in [1.82, 2.24) is 5.32 Å². The van der Waals surface area contributed by atoms with E-state index in [1.807, 2.05) is 12.1 Å². The molecule has 2 aromatic rings. The Kier molecular flexibility index (Phi) is 16.9. The number of methoxy groups -OCH3 is 2. The Hall–Kier alpha value is -4.12. The van der Waals surface area contributed by atoms with E-state index in [1.165, 1.54) is 59.2 Å². The second-order valence-electron chi connectivity index (χ2n) is 16.9. The second kappa shape index (κ2) is 22.7. The number of aliphatic hydroxyl groups excluding tert-OH is 1. The lowest BCUT2D eigenvalue weighted by Gasteiger charge is -2.48. The van der Waals surface area contributed by atoms with Crippen LogP contribution in [0.1, 0.15) is 120 Å². The van der Waals surface area contributed by atoms with E-state index in [9.17, 15) is 15.0 Å². The summed E-state index contributed by atoms with van der Waals surface area (Å²) in [5.41, 5.74) is 2.06. The van der Waals surface area contributed by atoms with Crippen LogP contribution in [0.5, 0.6) is 28.7 Å². The lowest BCUT2D eigenvalue weighted by molar-refractivity contribution is -0.362. The summed E-state index contributed by atoms with van der Waals surface area (Å²) in [6.45, 7) is 4.89. The zero-order chi connectivity index (χ0) is 44.3. The van der Waals surface area contributed by atoms with E-state index in [4.69, 9.17) is 59.6 Å². The molecule has 7 rings (SSSR count).